The highest BCUT2D eigenvalue weighted by Crippen LogP contribution is 2.47. The average Bonchev–Trinajstić information content (AvgIpc) is 3.37. The molecule has 212 valence electrons. The number of hydrogen-bond donors (Lipinski definition) is 2. The molecule has 0 saturated carbocycles. The predicted octanol–water partition coefficient (Wildman–Crippen LogP) is 8.09. The van der Waals surface area contributed by atoms with Gasteiger partial charge < -0.3 is 14.6 Å². The minimum Gasteiger partial charge on any atom is -0.506 e. The first-order valence-electron chi connectivity index (χ1n) is 11.1. The first kappa shape index (κ1) is 28.6. The van der Waals surface area contributed by atoms with E-state index < -0.39 is 57.9 Å². The molecule has 0 aliphatic heterocycles. The third-order valence-electron chi connectivity index (χ3n) is 5.73. The van der Waals surface area contributed by atoms with Gasteiger partial charge in [0.05, 0.1) is 29.5 Å². The van der Waals surface area contributed by atoms with Crippen LogP contribution in [0.15, 0.2) is 60.7 Å². The third kappa shape index (κ3) is 6.10. The zero-order valence-corrected chi connectivity index (χ0v) is 20.1. The normalized spacial score (nSPS) is 12.4. The lowest BCUT2D eigenvalue weighted by Crippen LogP contribution is -2.11. The molecule has 14 heteroatoms. The highest BCUT2D eigenvalue weighted by atomic mass is 19.4. The van der Waals surface area contributed by atoms with Gasteiger partial charge in [-0.3, -0.25) is 5.10 Å². The van der Waals surface area contributed by atoms with Crippen LogP contribution in [0.4, 0.5) is 39.5 Å². The van der Waals surface area contributed by atoms with E-state index in [4.69, 9.17) is 9.47 Å². The Hall–Kier alpha value is -4.36. The van der Waals surface area contributed by atoms with E-state index in [0.29, 0.717) is 29.5 Å². The van der Waals surface area contributed by atoms with Gasteiger partial charge in [-0.25, -0.2) is 0 Å². The van der Waals surface area contributed by atoms with Gasteiger partial charge in [0.15, 0.2) is 5.69 Å². The van der Waals surface area contributed by atoms with Crippen molar-refractivity contribution in [2.45, 2.75) is 25.1 Å². The van der Waals surface area contributed by atoms with E-state index in [2.05, 4.69) is 10.2 Å². The van der Waals surface area contributed by atoms with Crippen LogP contribution in [-0.4, -0.2) is 22.4 Å². The summed E-state index contributed by atoms with van der Waals surface area (Å²) in [5.41, 5.74) is -6.27. The van der Waals surface area contributed by atoms with E-state index in [1.807, 2.05) is 0 Å². The number of aromatic nitrogens is 2. The fourth-order valence-electron chi connectivity index (χ4n) is 3.78. The molecule has 40 heavy (non-hydrogen) atoms. The van der Waals surface area contributed by atoms with Gasteiger partial charge in [-0.2, -0.15) is 44.6 Å². The summed E-state index contributed by atoms with van der Waals surface area (Å²) in [5.74, 6) is -0.759. The molecule has 0 radical (unpaired) electrons. The van der Waals surface area contributed by atoms with E-state index in [1.54, 1.807) is 24.3 Å². The van der Waals surface area contributed by atoms with Crippen LogP contribution in [0.25, 0.3) is 22.4 Å². The van der Waals surface area contributed by atoms with E-state index in [0.717, 1.165) is 12.1 Å². The van der Waals surface area contributed by atoms with Crippen molar-refractivity contribution in [3.05, 3.63) is 83.0 Å². The number of phenols is 1. The fourth-order valence-corrected chi connectivity index (χ4v) is 3.78. The van der Waals surface area contributed by atoms with Crippen LogP contribution in [0.2, 0.25) is 0 Å². The van der Waals surface area contributed by atoms with Crippen LogP contribution < -0.4 is 9.47 Å². The molecule has 0 aliphatic carbocycles. The molecule has 0 amide bonds. The number of methoxy groups -OCH3 is 1. The van der Waals surface area contributed by atoms with Gasteiger partial charge in [0.2, 0.25) is 0 Å². The molecule has 0 bridgehead atoms. The van der Waals surface area contributed by atoms with Crippen molar-refractivity contribution in [3.8, 4) is 39.6 Å². The zero-order chi connectivity index (χ0) is 29.5. The first-order chi connectivity index (χ1) is 18.6. The summed E-state index contributed by atoms with van der Waals surface area (Å²) < 4.78 is 131. The lowest BCUT2D eigenvalue weighted by molar-refractivity contribution is -0.143. The summed E-state index contributed by atoms with van der Waals surface area (Å²) in [6.07, 6.45) is -15.3. The van der Waals surface area contributed by atoms with Crippen LogP contribution in [0, 0.1) is 0 Å². The van der Waals surface area contributed by atoms with Crippen LogP contribution in [0.3, 0.4) is 0 Å². The van der Waals surface area contributed by atoms with Crippen molar-refractivity contribution in [1.29, 1.82) is 0 Å². The van der Waals surface area contributed by atoms with Crippen molar-refractivity contribution < 1.29 is 54.1 Å². The SMILES string of the molecule is COc1ccc(COc2ccc(-c3cc(C(F)(F)F)n[nH]3)c(O)c2-c2cc(C(F)(F)F)cc(C(F)(F)F)c2)cc1. The maximum atomic E-state index is 13.6. The third-order valence-corrected chi connectivity index (χ3v) is 5.73. The number of hydrogen-bond acceptors (Lipinski definition) is 4. The van der Waals surface area contributed by atoms with Crippen molar-refractivity contribution >= 4 is 0 Å². The van der Waals surface area contributed by atoms with Crippen molar-refractivity contribution in [2.24, 2.45) is 0 Å². The number of aromatic hydroxyl groups is 1. The Morgan fingerprint density at radius 2 is 1.38 bits per heavy atom. The molecule has 5 nitrogen and oxygen atoms in total. The summed E-state index contributed by atoms with van der Waals surface area (Å²) >= 11 is 0. The Kier molecular flexibility index (Phi) is 7.39. The summed E-state index contributed by atoms with van der Waals surface area (Å²) in [6.45, 7) is -0.233. The Labute approximate surface area is 219 Å². The number of benzene rings is 3. The number of ether oxygens (including phenoxy) is 2. The number of H-pyrrole nitrogens is 1. The average molecular weight is 576 g/mol. The number of alkyl halides is 9. The molecular formula is C26H17F9N2O3. The maximum Gasteiger partial charge on any atom is 0.435 e. The van der Waals surface area contributed by atoms with Crippen molar-refractivity contribution in [2.75, 3.05) is 7.11 Å². The summed E-state index contributed by atoms with van der Waals surface area (Å²) in [6, 6.07) is 9.73. The standard InChI is InChI=1S/C26H17F9N2O3/c1-39-17-4-2-13(3-5-17)12-40-20-7-6-18(19-11-21(37-36-19)26(33,34)35)23(38)22(20)14-8-15(24(27,28)29)10-16(9-14)25(30,31)32/h2-11,38H,12H2,1H3,(H,36,37). The molecule has 0 aliphatic rings. The molecule has 3 aromatic carbocycles. The van der Waals surface area contributed by atoms with Crippen LogP contribution in [0.5, 0.6) is 17.2 Å². The molecule has 4 aromatic rings. The Bertz CT molecular complexity index is 1470. The number of halogens is 9. The second-order valence-electron chi connectivity index (χ2n) is 8.43. The van der Waals surface area contributed by atoms with Gasteiger partial charge in [-0.1, -0.05) is 12.1 Å². The topological polar surface area (TPSA) is 67.4 Å². The number of nitrogens with zero attached hydrogens (tertiary/aromatic N) is 1. The minimum atomic E-state index is -5.20. The van der Waals surface area contributed by atoms with Crippen LogP contribution in [0.1, 0.15) is 22.4 Å². The smallest absolute Gasteiger partial charge is 0.435 e. The van der Waals surface area contributed by atoms with Gasteiger partial charge in [-0.05, 0) is 59.7 Å². The summed E-state index contributed by atoms with van der Waals surface area (Å²) in [4.78, 5) is 0. The molecular weight excluding hydrogens is 559 g/mol. The van der Waals surface area contributed by atoms with E-state index in [1.165, 1.54) is 7.11 Å². The molecule has 0 unspecified atom stereocenters. The number of rotatable bonds is 6. The van der Waals surface area contributed by atoms with Crippen LogP contribution in [-0.2, 0) is 25.1 Å². The Morgan fingerprint density at radius 3 is 1.88 bits per heavy atom. The predicted molar refractivity (Wildman–Crippen MR) is 123 cm³/mol. The molecule has 1 heterocycles. The fraction of sp³-hybridized carbons (Fsp3) is 0.192. The molecule has 0 saturated heterocycles. The summed E-state index contributed by atoms with van der Waals surface area (Å²) in [7, 11) is 1.43. The van der Waals surface area contributed by atoms with Gasteiger partial charge in [0.1, 0.15) is 23.9 Å². The van der Waals surface area contributed by atoms with Gasteiger partial charge in [0.25, 0.3) is 0 Å². The largest absolute Gasteiger partial charge is 0.506 e. The van der Waals surface area contributed by atoms with Gasteiger partial charge >= 0.3 is 18.5 Å². The number of phenolic OH excluding ortho intramolecular Hbond substituents is 1. The number of nitrogens with one attached hydrogen (secondary N) is 1. The quantitative estimate of drug-likeness (QED) is 0.228. The van der Waals surface area contributed by atoms with E-state index in [9.17, 15) is 44.6 Å². The molecule has 2 N–H and O–H groups in total. The second kappa shape index (κ2) is 10.3. The molecule has 0 atom stereocenters. The lowest BCUT2D eigenvalue weighted by Gasteiger charge is -2.19. The Balaban J connectivity index is 1.89. The Morgan fingerprint density at radius 1 is 0.775 bits per heavy atom. The molecule has 0 spiro atoms. The molecule has 4 rings (SSSR count). The zero-order valence-electron chi connectivity index (χ0n) is 20.1. The first-order valence-corrected chi connectivity index (χ1v) is 11.1. The van der Waals surface area contributed by atoms with E-state index in [-0.39, 0.29) is 24.0 Å². The second-order valence-corrected chi connectivity index (χ2v) is 8.43. The molecule has 0 fully saturated rings. The monoisotopic (exact) mass is 576 g/mol. The van der Waals surface area contributed by atoms with Gasteiger partial charge in [0, 0.05) is 5.56 Å². The molecule has 1 aromatic heterocycles. The van der Waals surface area contributed by atoms with E-state index >= 15 is 0 Å². The number of aromatic amines is 1. The van der Waals surface area contributed by atoms with Crippen molar-refractivity contribution in [1.82, 2.24) is 10.2 Å². The van der Waals surface area contributed by atoms with Crippen molar-refractivity contribution in [3.63, 3.8) is 0 Å². The maximum absolute atomic E-state index is 13.6. The minimum absolute atomic E-state index is 0.0905. The lowest BCUT2D eigenvalue weighted by atomic mass is 9.95. The van der Waals surface area contributed by atoms with Gasteiger partial charge in [-0.15, -0.1) is 0 Å². The highest BCUT2D eigenvalue weighted by molar-refractivity contribution is 5.85. The highest BCUT2D eigenvalue weighted by Gasteiger charge is 2.38. The summed E-state index contributed by atoms with van der Waals surface area (Å²) in [5, 5.41) is 16.2. The van der Waals surface area contributed by atoms with Crippen LogP contribution >= 0.6 is 0 Å².